The predicted octanol–water partition coefficient (Wildman–Crippen LogP) is 6.51. The maximum absolute atomic E-state index is 13.2. The van der Waals surface area contributed by atoms with Gasteiger partial charge in [-0.1, -0.05) is 24.3 Å². The van der Waals surface area contributed by atoms with Crippen LogP contribution >= 0.6 is 0 Å². The number of benzene rings is 3. The molecule has 0 spiro atoms. The van der Waals surface area contributed by atoms with Crippen LogP contribution < -0.4 is 0 Å². The third kappa shape index (κ3) is 4.12. The van der Waals surface area contributed by atoms with Gasteiger partial charge in [-0.25, -0.2) is 4.98 Å². The van der Waals surface area contributed by atoms with Crippen molar-refractivity contribution in [1.82, 2.24) is 4.98 Å². The highest BCUT2D eigenvalue weighted by Crippen LogP contribution is 2.35. The summed E-state index contributed by atoms with van der Waals surface area (Å²) in [7, 11) is 0. The zero-order chi connectivity index (χ0) is 21.3. The molecule has 0 saturated carbocycles. The monoisotopic (exact) mass is 407 g/mol. The van der Waals surface area contributed by atoms with Gasteiger partial charge < -0.3 is 10.2 Å². The van der Waals surface area contributed by atoms with Crippen molar-refractivity contribution in [3.8, 4) is 45.1 Å². The summed E-state index contributed by atoms with van der Waals surface area (Å²) in [6.45, 7) is 0. The van der Waals surface area contributed by atoms with Gasteiger partial charge in [0.25, 0.3) is 0 Å². The second kappa shape index (κ2) is 7.55. The Labute approximate surface area is 170 Å². The minimum atomic E-state index is -4.45. The molecule has 3 nitrogen and oxygen atoms in total. The first-order valence-electron chi connectivity index (χ1n) is 9.08. The van der Waals surface area contributed by atoms with E-state index >= 15 is 0 Å². The van der Waals surface area contributed by atoms with Crippen LogP contribution in [0.25, 0.3) is 33.6 Å². The van der Waals surface area contributed by atoms with Crippen molar-refractivity contribution in [2.45, 2.75) is 6.18 Å². The van der Waals surface area contributed by atoms with Crippen LogP contribution in [0.1, 0.15) is 5.56 Å². The summed E-state index contributed by atoms with van der Waals surface area (Å²) in [6.07, 6.45) is -4.45. The number of hydrogen-bond donors (Lipinski definition) is 2. The van der Waals surface area contributed by atoms with Crippen molar-refractivity contribution in [1.29, 1.82) is 0 Å². The molecule has 150 valence electrons. The Balaban J connectivity index is 1.91. The molecule has 0 saturated heterocycles. The van der Waals surface area contributed by atoms with Crippen molar-refractivity contribution in [2.75, 3.05) is 0 Å². The number of aromatic nitrogens is 1. The van der Waals surface area contributed by atoms with E-state index in [9.17, 15) is 23.4 Å². The molecule has 0 atom stereocenters. The molecule has 0 unspecified atom stereocenters. The lowest BCUT2D eigenvalue weighted by Gasteiger charge is -2.12. The maximum atomic E-state index is 13.2. The van der Waals surface area contributed by atoms with Gasteiger partial charge in [-0.15, -0.1) is 0 Å². The topological polar surface area (TPSA) is 53.4 Å². The summed E-state index contributed by atoms with van der Waals surface area (Å²) in [5.74, 6) is 0.158. The van der Waals surface area contributed by atoms with Gasteiger partial charge in [0.1, 0.15) is 11.5 Å². The third-order valence-corrected chi connectivity index (χ3v) is 4.65. The first kappa shape index (κ1) is 19.5. The molecule has 1 heterocycles. The highest BCUT2D eigenvalue weighted by atomic mass is 19.4. The van der Waals surface area contributed by atoms with E-state index in [2.05, 4.69) is 4.98 Å². The lowest BCUT2D eigenvalue weighted by atomic mass is 9.98. The van der Waals surface area contributed by atoms with Crippen molar-refractivity contribution in [3.63, 3.8) is 0 Å². The molecule has 6 heteroatoms. The lowest BCUT2D eigenvalue weighted by Crippen LogP contribution is -2.04. The quantitative estimate of drug-likeness (QED) is 0.407. The van der Waals surface area contributed by atoms with E-state index in [4.69, 9.17) is 0 Å². The van der Waals surface area contributed by atoms with E-state index in [0.717, 1.165) is 12.1 Å². The molecule has 0 aliphatic carbocycles. The number of rotatable bonds is 3. The van der Waals surface area contributed by atoms with Crippen LogP contribution in [-0.2, 0) is 6.18 Å². The summed E-state index contributed by atoms with van der Waals surface area (Å²) in [4.78, 5) is 4.63. The molecule has 4 rings (SSSR count). The summed E-state index contributed by atoms with van der Waals surface area (Å²) in [5, 5.41) is 19.4. The predicted molar refractivity (Wildman–Crippen MR) is 109 cm³/mol. The van der Waals surface area contributed by atoms with Crippen LogP contribution in [0.15, 0.2) is 84.9 Å². The molecule has 2 N–H and O–H groups in total. The Bertz CT molecular complexity index is 1200. The van der Waals surface area contributed by atoms with Gasteiger partial charge in [-0.2, -0.15) is 13.2 Å². The number of pyridine rings is 1. The number of phenolic OH excluding ortho intramolecular Hbond substituents is 2. The van der Waals surface area contributed by atoms with Crippen LogP contribution in [0.3, 0.4) is 0 Å². The van der Waals surface area contributed by atoms with E-state index in [1.807, 2.05) is 0 Å². The molecule has 1 aromatic heterocycles. The molecule has 3 aromatic carbocycles. The lowest BCUT2D eigenvalue weighted by molar-refractivity contribution is -0.137. The van der Waals surface area contributed by atoms with E-state index < -0.39 is 11.7 Å². The van der Waals surface area contributed by atoms with Crippen LogP contribution in [-0.4, -0.2) is 15.2 Å². The Morgan fingerprint density at radius 2 is 1.20 bits per heavy atom. The molecule has 0 amide bonds. The van der Waals surface area contributed by atoms with Crippen molar-refractivity contribution in [3.05, 3.63) is 90.5 Å². The van der Waals surface area contributed by atoms with Gasteiger partial charge in [0.2, 0.25) is 0 Å². The Hall–Kier alpha value is -3.80. The van der Waals surface area contributed by atoms with E-state index in [1.54, 1.807) is 48.5 Å². The average molecular weight is 407 g/mol. The summed E-state index contributed by atoms with van der Waals surface area (Å²) < 4.78 is 39.6. The number of alkyl halides is 3. The Morgan fingerprint density at radius 1 is 0.567 bits per heavy atom. The van der Waals surface area contributed by atoms with E-state index in [-0.39, 0.29) is 11.5 Å². The molecule has 4 aromatic rings. The fourth-order valence-corrected chi connectivity index (χ4v) is 3.17. The summed E-state index contributed by atoms with van der Waals surface area (Å²) >= 11 is 0. The molecule has 0 aliphatic heterocycles. The van der Waals surface area contributed by atoms with Crippen LogP contribution in [0.2, 0.25) is 0 Å². The number of phenols is 2. The van der Waals surface area contributed by atoms with Gasteiger partial charge in [-0.3, -0.25) is 0 Å². The number of nitrogens with zero attached hydrogens (tertiary/aromatic N) is 1. The largest absolute Gasteiger partial charge is 0.508 e. The molecule has 0 radical (unpaired) electrons. The van der Waals surface area contributed by atoms with Gasteiger partial charge in [0.05, 0.1) is 17.0 Å². The average Bonchev–Trinajstić information content (AvgIpc) is 2.73. The molecule has 30 heavy (non-hydrogen) atoms. The minimum Gasteiger partial charge on any atom is -0.508 e. The van der Waals surface area contributed by atoms with Gasteiger partial charge in [-0.05, 0) is 71.8 Å². The second-order valence-electron chi connectivity index (χ2n) is 6.80. The number of hydrogen-bond acceptors (Lipinski definition) is 3. The van der Waals surface area contributed by atoms with Gasteiger partial charge in [0.15, 0.2) is 0 Å². The molecular weight excluding hydrogens is 391 g/mol. The fourth-order valence-electron chi connectivity index (χ4n) is 3.17. The van der Waals surface area contributed by atoms with E-state index in [0.29, 0.717) is 33.6 Å². The number of halogens is 3. The highest BCUT2D eigenvalue weighted by Gasteiger charge is 2.30. The highest BCUT2D eigenvalue weighted by molar-refractivity contribution is 5.77. The summed E-state index contributed by atoms with van der Waals surface area (Å²) in [6, 6.07) is 21.4. The second-order valence-corrected chi connectivity index (χ2v) is 6.80. The van der Waals surface area contributed by atoms with Gasteiger partial charge >= 0.3 is 6.18 Å². The summed E-state index contributed by atoms with van der Waals surface area (Å²) in [5.41, 5.74) is 2.58. The minimum absolute atomic E-state index is 0.0601. The maximum Gasteiger partial charge on any atom is 0.416 e. The molecule has 0 bridgehead atoms. The molecular formula is C24H16F3NO2. The zero-order valence-corrected chi connectivity index (χ0v) is 15.6. The van der Waals surface area contributed by atoms with Crippen LogP contribution in [0, 0.1) is 0 Å². The smallest absolute Gasteiger partial charge is 0.416 e. The SMILES string of the molecule is Oc1ccc(-c2cc(-c3cccc(C(F)(F)F)c3)cc(-c3cccc(O)c3)n2)cc1. The standard InChI is InChI=1S/C24H16F3NO2/c25-24(26,27)19-5-1-3-16(11-19)18-13-22(15-7-9-20(29)10-8-15)28-23(14-18)17-4-2-6-21(30)12-17/h1-14,29-30H. The normalized spacial score (nSPS) is 11.4. The van der Waals surface area contributed by atoms with E-state index in [1.165, 1.54) is 24.3 Å². The van der Waals surface area contributed by atoms with Crippen molar-refractivity contribution < 1.29 is 23.4 Å². The van der Waals surface area contributed by atoms with Crippen LogP contribution in [0.4, 0.5) is 13.2 Å². The number of aromatic hydroxyl groups is 2. The van der Waals surface area contributed by atoms with Crippen molar-refractivity contribution in [2.24, 2.45) is 0 Å². The first-order valence-corrected chi connectivity index (χ1v) is 9.08. The fraction of sp³-hybridized carbons (Fsp3) is 0.0417. The first-order chi connectivity index (χ1) is 14.3. The molecule has 0 aliphatic rings. The zero-order valence-electron chi connectivity index (χ0n) is 15.6. The third-order valence-electron chi connectivity index (χ3n) is 4.65. The Morgan fingerprint density at radius 3 is 1.87 bits per heavy atom. The molecule has 0 fully saturated rings. The Kier molecular flexibility index (Phi) is 4.91. The van der Waals surface area contributed by atoms with Crippen molar-refractivity contribution >= 4 is 0 Å². The van der Waals surface area contributed by atoms with Gasteiger partial charge in [0, 0.05) is 11.1 Å². The van der Waals surface area contributed by atoms with Crippen LogP contribution in [0.5, 0.6) is 11.5 Å².